The number of ketones is 1. The molecule has 2 rings (SSSR count). The Kier molecular flexibility index (Phi) is 1.46. The molecule has 4 heteroatoms. The smallest absolute Gasteiger partial charge is 0.224 e. The van der Waals surface area contributed by atoms with E-state index in [0.29, 0.717) is 5.69 Å². The molecule has 0 radical (unpaired) electrons. The standard InChI is InChI=1S/C8H7NO3/c10-6-1-2-7(11)9-5-3-4-12-8(5)6/h3-4H,1-2H2,(H,9,11). The Bertz CT molecular complexity index is 340. The molecule has 62 valence electrons. The second kappa shape index (κ2) is 2.48. The minimum atomic E-state index is -0.136. The van der Waals surface area contributed by atoms with Crippen molar-refractivity contribution in [1.29, 1.82) is 0 Å². The lowest BCUT2D eigenvalue weighted by molar-refractivity contribution is -0.116. The van der Waals surface area contributed by atoms with Gasteiger partial charge in [-0.15, -0.1) is 0 Å². The Hall–Kier alpha value is -1.58. The maximum atomic E-state index is 11.2. The van der Waals surface area contributed by atoms with E-state index in [1.165, 1.54) is 6.26 Å². The van der Waals surface area contributed by atoms with Crippen molar-refractivity contribution in [3.63, 3.8) is 0 Å². The van der Waals surface area contributed by atoms with Gasteiger partial charge in [0.25, 0.3) is 0 Å². The van der Waals surface area contributed by atoms with Crippen LogP contribution in [0.1, 0.15) is 23.4 Å². The predicted molar refractivity (Wildman–Crippen MR) is 40.9 cm³/mol. The van der Waals surface area contributed by atoms with Gasteiger partial charge < -0.3 is 9.73 Å². The van der Waals surface area contributed by atoms with E-state index in [9.17, 15) is 9.59 Å². The Morgan fingerprint density at radius 2 is 2.17 bits per heavy atom. The maximum Gasteiger partial charge on any atom is 0.224 e. The number of rotatable bonds is 0. The minimum absolute atomic E-state index is 0.117. The van der Waals surface area contributed by atoms with E-state index in [0.717, 1.165) is 0 Å². The van der Waals surface area contributed by atoms with Gasteiger partial charge in [0.05, 0.1) is 12.0 Å². The zero-order valence-electron chi connectivity index (χ0n) is 6.29. The highest BCUT2D eigenvalue weighted by atomic mass is 16.3. The molecule has 0 aromatic carbocycles. The van der Waals surface area contributed by atoms with Crippen molar-refractivity contribution in [2.45, 2.75) is 12.8 Å². The van der Waals surface area contributed by atoms with Gasteiger partial charge in [-0.05, 0) is 0 Å². The van der Waals surface area contributed by atoms with Gasteiger partial charge in [-0.1, -0.05) is 0 Å². The molecule has 12 heavy (non-hydrogen) atoms. The van der Waals surface area contributed by atoms with E-state index >= 15 is 0 Å². The molecule has 1 aromatic heterocycles. The Morgan fingerprint density at radius 3 is 3.00 bits per heavy atom. The molecule has 0 aliphatic carbocycles. The summed E-state index contributed by atoms with van der Waals surface area (Å²) in [6.07, 6.45) is 1.86. The van der Waals surface area contributed by atoms with Gasteiger partial charge in [0, 0.05) is 18.9 Å². The van der Waals surface area contributed by atoms with Gasteiger partial charge in [0.2, 0.25) is 11.7 Å². The van der Waals surface area contributed by atoms with Crippen LogP contribution in [-0.4, -0.2) is 11.7 Å². The second-order valence-corrected chi connectivity index (χ2v) is 2.63. The highest BCUT2D eigenvalue weighted by molar-refractivity contribution is 6.07. The van der Waals surface area contributed by atoms with Crippen LogP contribution in [0, 0.1) is 0 Å². The third-order valence-electron chi connectivity index (χ3n) is 1.77. The van der Waals surface area contributed by atoms with Gasteiger partial charge in [-0.25, -0.2) is 0 Å². The van der Waals surface area contributed by atoms with Crippen LogP contribution >= 0.6 is 0 Å². The fourth-order valence-corrected chi connectivity index (χ4v) is 1.18. The van der Waals surface area contributed by atoms with Gasteiger partial charge in [-0.2, -0.15) is 0 Å². The highest BCUT2D eigenvalue weighted by Gasteiger charge is 2.21. The van der Waals surface area contributed by atoms with Crippen molar-refractivity contribution in [3.8, 4) is 0 Å². The maximum absolute atomic E-state index is 11.2. The number of nitrogens with one attached hydrogen (secondary N) is 1. The second-order valence-electron chi connectivity index (χ2n) is 2.63. The first-order valence-electron chi connectivity index (χ1n) is 3.68. The summed E-state index contributed by atoms with van der Waals surface area (Å²) in [5, 5.41) is 2.58. The molecule has 1 aliphatic heterocycles. The van der Waals surface area contributed by atoms with Crippen LogP contribution in [0.2, 0.25) is 0 Å². The zero-order valence-corrected chi connectivity index (χ0v) is 6.29. The number of amides is 1. The lowest BCUT2D eigenvalue weighted by atomic mass is 10.2. The summed E-state index contributed by atoms with van der Waals surface area (Å²) in [4.78, 5) is 22.2. The Labute approximate surface area is 68.6 Å². The summed E-state index contributed by atoms with van der Waals surface area (Å²) in [6, 6.07) is 1.58. The molecule has 1 aliphatic rings. The molecular formula is C8H7NO3. The number of hydrogen-bond acceptors (Lipinski definition) is 3. The van der Waals surface area contributed by atoms with Crippen LogP contribution in [0.15, 0.2) is 16.7 Å². The van der Waals surface area contributed by atoms with Crippen LogP contribution < -0.4 is 5.32 Å². The molecular weight excluding hydrogens is 158 g/mol. The molecule has 0 unspecified atom stereocenters. The van der Waals surface area contributed by atoms with Gasteiger partial charge in [0.1, 0.15) is 0 Å². The van der Waals surface area contributed by atoms with Crippen molar-refractivity contribution in [3.05, 3.63) is 18.1 Å². The van der Waals surface area contributed by atoms with E-state index in [1.54, 1.807) is 6.07 Å². The first-order valence-corrected chi connectivity index (χ1v) is 3.68. The number of Topliss-reactive ketones (excluding diaryl/α,β-unsaturated/α-hetero) is 1. The largest absolute Gasteiger partial charge is 0.459 e. The lowest BCUT2D eigenvalue weighted by Crippen LogP contribution is -2.08. The van der Waals surface area contributed by atoms with Crippen molar-refractivity contribution in [2.75, 3.05) is 5.32 Å². The number of anilines is 1. The quantitative estimate of drug-likeness (QED) is 0.628. The van der Waals surface area contributed by atoms with Crippen LogP contribution in [0.4, 0.5) is 5.69 Å². The van der Waals surface area contributed by atoms with Crippen molar-refractivity contribution >= 4 is 17.4 Å². The van der Waals surface area contributed by atoms with Crippen molar-refractivity contribution < 1.29 is 14.0 Å². The number of carbonyl (C=O) groups is 2. The highest BCUT2D eigenvalue weighted by Crippen LogP contribution is 2.22. The zero-order chi connectivity index (χ0) is 8.55. The topological polar surface area (TPSA) is 59.3 Å². The van der Waals surface area contributed by atoms with E-state index in [1.807, 2.05) is 0 Å². The molecule has 2 heterocycles. The third kappa shape index (κ3) is 1.01. The Balaban J connectivity index is 2.45. The minimum Gasteiger partial charge on any atom is -0.459 e. The molecule has 0 fully saturated rings. The summed E-state index contributed by atoms with van der Waals surface area (Å²) in [5.74, 6) is 0.0118. The number of fused-ring (bicyclic) bond motifs is 1. The van der Waals surface area contributed by atoms with Gasteiger partial charge in [0.15, 0.2) is 5.76 Å². The monoisotopic (exact) mass is 165 g/mol. The van der Waals surface area contributed by atoms with Gasteiger partial charge >= 0.3 is 0 Å². The van der Waals surface area contributed by atoms with Crippen LogP contribution in [0.5, 0.6) is 0 Å². The molecule has 0 bridgehead atoms. The van der Waals surface area contributed by atoms with E-state index in [4.69, 9.17) is 4.42 Å². The molecule has 1 amide bonds. The first-order chi connectivity index (χ1) is 5.77. The molecule has 1 N–H and O–H groups in total. The van der Waals surface area contributed by atoms with Crippen molar-refractivity contribution in [1.82, 2.24) is 0 Å². The molecule has 0 saturated carbocycles. The Morgan fingerprint density at radius 1 is 1.33 bits per heavy atom. The summed E-state index contributed by atoms with van der Waals surface area (Å²) in [5.41, 5.74) is 0.488. The van der Waals surface area contributed by atoms with Crippen LogP contribution in [0.25, 0.3) is 0 Å². The van der Waals surface area contributed by atoms with Crippen molar-refractivity contribution in [2.24, 2.45) is 0 Å². The fourth-order valence-electron chi connectivity index (χ4n) is 1.18. The summed E-state index contributed by atoms with van der Waals surface area (Å²) in [6.45, 7) is 0. The average molecular weight is 165 g/mol. The fraction of sp³-hybridized carbons (Fsp3) is 0.250. The molecule has 0 saturated heterocycles. The molecule has 1 aromatic rings. The SMILES string of the molecule is O=C1CCC(=O)c2occc2N1. The average Bonchev–Trinajstić information content (AvgIpc) is 2.44. The van der Waals surface area contributed by atoms with Crippen LogP contribution in [-0.2, 0) is 4.79 Å². The number of hydrogen-bond donors (Lipinski definition) is 1. The molecule has 4 nitrogen and oxygen atoms in total. The van der Waals surface area contributed by atoms with Crippen LogP contribution in [0.3, 0.4) is 0 Å². The first kappa shape index (κ1) is 7.09. The van der Waals surface area contributed by atoms with E-state index in [-0.39, 0.29) is 30.3 Å². The number of furan rings is 1. The third-order valence-corrected chi connectivity index (χ3v) is 1.77. The summed E-state index contributed by atoms with van der Waals surface area (Å²) < 4.78 is 4.93. The lowest BCUT2D eigenvalue weighted by Gasteiger charge is -1.95. The summed E-state index contributed by atoms with van der Waals surface area (Å²) >= 11 is 0. The van der Waals surface area contributed by atoms with E-state index < -0.39 is 0 Å². The number of carbonyl (C=O) groups excluding carboxylic acids is 2. The predicted octanol–water partition coefficient (Wildman–Crippen LogP) is 1.19. The summed E-state index contributed by atoms with van der Waals surface area (Å²) in [7, 11) is 0. The molecule has 0 atom stereocenters. The molecule has 0 spiro atoms. The van der Waals surface area contributed by atoms with E-state index in [2.05, 4.69) is 5.32 Å². The normalized spacial score (nSPS) is 16.7. The van der Waals surface area contributed by atoms with Gasteiger partial charge in [-0.3, -0.25) is 9.59 Å².